The van der Waals surface area contributed by atoms with Crippen LogP contribution < -0.4 is 5.32 Å². The molecule has 0 aliphatic carbocycles. The minimum atomic E-state index is 0. The van der Waals surface area contributed by atoms with E-state index in [2.05, 4.69) is 53.0 Å². The minimum Gasteiger partial charge on any atom is -0.379 e. The quantitative estimate of drug-likeness (QED) is 0.341. The standard InChI is InChI=1S/C20H31ClN4OS.HI/c1-3-22-19(24(2)14-17-4-6-18(21)7-5-17)23-15-20(8-13-27-16-20)25-9-11-26-12-10-25;/h4-7H,3,8-16H2,1-2H3,(H,22,23);1H. The van der Waals surface area contributed by atoms with Crippen LogP contribution in [0.2, 0.25) is 5.02 Å². The smallest absolute Gasteiger partial charge is 0.194 e. The van der Waals surface area contributed by atoms with Crippen molar-refractivity contribution in [1.29, 1.82) is 0 Å². The molecule has 1 atom stereocenters. The number of rotatable bonds is 6. The van der Waals surface area contributed by atoms with Crippen LogP contribution in [0.1, 0.15) is 18.9 Å². The fraction of sp³-hybridized carbons (Fsp3) is 0.650. The zero-order valence-corrected chi connectivity index (χ0v) is 20.7. The lowest BCUT2D eigenvalue weighted by Gasteiger charge is -2.42. The van der Waals surface area contributed by atoms with Gasteiger partial charge in [0.25, 0.3) is 0 Å². The first-order chi connectivity index (χ1) is 13.1. The number of nitrogens with one attached hydrogen (secondary N) is 1. The summed E-state index contributed by atoms with van der Waals surface area (Å²) in [6, 6.07) is 8.03. The summed E-state index contributed by atoms with van der Waals surface area (Å²) in [5, 5.41) is 4.23. The summed E-state index contributed by atoms with van der Waals surface area (Å²) in [4.78, 5) is 9.88. The van der Waals surface area contributed by atoms with Gasteiger partial charge in [-0.1, -0.05) is 23.7 Å². The average Bonchev–Trinajstić information content (AvgIpc) is 3.18. The van der Waals surface area contributed by atoms with Gasteiger partial charge in [0.15, 0.2) is 5.96 Å². The third-order valence-electron chi connectivity index (χ3n) is 5.32. The molecule has 2 fully saturated rings. The molecule has 28 heavy (non-hydrogen) atoms. The van der Waals surface area contributed by atoms with Crippen LogP contribution in [0, 0.1) is 0 Å². The topological polar surface area (TPSA) is 40.1 Å². The van der Waals surface area contributed by atoms with Crippen LogP contribution >= 0.6 is 47.3 Å². The van der Waals surface area contributed by atoms with Crippen LogP contribution in [-0.4, -0.2) is 79.2 Å². The van der Waals surface area contributed by atoms with Crippen molar-refractivity contribution in [3.8, 4) is 0 Å². The normalized spacial score (nSPS) is 23.3. The van der Waals surface area contributed by atoms with Crippen LogP contribution in [-0.2, 0) is 11.3 Å². The molecule has 2 saturated heterocycles. The first kappa shape index (κ1) is 24.1. The van der Waals surface area contributed by atoms with Gasteiger partial charge in [0, 0.05) is 44.0 Å². The Hall–Kier alpha value is -0.220. The zero-order valence-electron chi connectivity index (χ0n) is 16.8. The van der Waals surface area contributed by atoms with Gasteiger partial charge in [0.05, 0.1) is 25.3 Å². The molecule has 2 heterocycles. The highest BCUT2D eigenvalue weighted by Gasteiger charge is 2.40. The number of hydrogen-bond donors (Lipinski definition) is 1. The Morgan fingerprint density at radius 2 is 2.04 bits per heavy atom. The fourth-order valence-corrected chi connectivity index (χ4v) is 5.33. The van der Waals surface area contributed by atoms with Gasteiger partial charge in [-0.25, -0.2) is 0 Å². The zero-order chi connectivity index (χ0) is 19.1. The summed E-state index contributed by atoms with van der Waals surface area (Å²) >= 11 is 8.06. The molecule has 5 nitrogen and oxygen atoms in total. The van der Waals surface area contributed by atoms with Crippen LogP contribution in [0.3, 0.4) is 0 Å². The minimum absolute atomic E-state index is 0. The number of guanidine groups is 1. The van der Waals surface area contributed by atoms with E-state index < -0.39 is 0 Å². The summed E-state index contributed by atoms with van der Waals surface area (Å²) < 4.78 is 5.57. The highest BCUT2D eigenvalue weighted by atomic mass is 127. The first-order valence-electron chi connectivity index (χ1n) is 9.77. The average molecular weight is 539 g/mol. The van der Waals surface area contributed by atoms with E-state index >= 15 is 0 Å². The maximum absolute atomic E-state index is 6.01. The largest absolute Gasteiger partial charge is 0.379 e. The monoisotopic (exact) mass is 538 g/mol. The number of morpholine rings is 1. The highest BCUT2D eigenvalue weighted by Crippen LogP contribution is 2.34. The molecular formula is C20H32ClIN4OS. The molecule has 0 amide bonds. The summed E-state index contributed by atoms with van der Waals surface area (Å²) in [5.41, 5.74) is 1.41. The third-order valence-corrected chi connectivity index (χ3v) is 6.80. The van der Waals surface area contributed by atoms with Gasteiger partial charge in [-0.2, -0.15) is 11.8 Å². The van der Waals surface area contributed by atoms with Gasteiger partial charge >= 0.3 is 0 Å². The molecule has 1 aromatic carbocycles. The highest BCUT2D eigenvalue weighted by molar-refractivity contribution is 14.0. The number of aliphatic imine (C=N–C) groups is 1. The number of halogens is 2. The predicted octanol–water partition coefficient (Wildman–Crippen LogP) is 3.56. The molecule has 0 bridgehead atoms. The maximum atomic E-state index is 6.01. The van der Waals surface area contributed by atoms with Gasteiger partial charge in [-0.3, -0.25) is 9.89 Å². The SMILES string of the molecule is CCNC(=NCC1(N2CCOCC2)CCSC1)N(C)Cc1ccc(Cl)cc1.I. The molecule has 8 heteroatoms. The van der Waals surface area contributed by atoms with E-state index in [0.717, 1.165) is 62.7 Å². The van der Waals surface area contributed by atoms with E-state index in [4.69, 9.17) is 21.3 Å². The molecule has 1 aromatic rings. The fourth-order valence-electron chi connectivity index (χ4n) is 3.74. The van der Waals surface area contributed by atoms with Crippen molar-refractivity contribution < 1.29 is 4.74 Å². The van der Waals surface area contributed by atoms with E-state index in [1.54, 1.807) is 0 Å². The molecule has 158 valence electrons. The van der Waals surface area contributed by atoms with Gasteiger partial charge in [-0.05, 0) is 36.8 Å². The number of nitrogens with zero attached hydrogens (tertiary/aromatic N) is 3. The van der Waals surface area contributed by atoms with E-state index in [-0.39, 0.29) is 29.5 Å². The predicted molar refractivity (Wildman–Crippen MR) is 131 cm³/mol. The van der Waals surface area contributed by atoms with Crippen molar-refractivity contribution in [2.75, 3.05) is 57.9 Å². The van der Waals surface area contributed by atoms with Crippen LogP contribution in [0.5, 0.6) is 0 Å². The second-order valence-corrected chi connectivity index (χ2v) is 8.82. The van der Waals surface area contributed by atoms with Crippen molar-refractivity contribution >= 4 is 53.3 Å². The third kappa shape index (κ3) is 6.39. The number of hydrogen-bond acceptors (Lipinski definition) is 4. The Morgan fingerprint density at radius 1 is 1.32 bits per heavy atom. The molecule has 0 radical (unpaired) electrons. The van der Waals surface area contributed by atoms with Gasteiger partial charge in [-0.15, -0.1) is 24.0 Å². The first-order valence-corrected chi connectivity index (χ1v) is 11.3. The molecule has 1 unspecified atom stereocenters. The van der Waals surface area contributed by atoms with Gasteiger partial charge < -0.3 is 15.0 Å². The molecular weight excluding hydrogens is 507 g/mol. The Balaban J connectivity index is 0.00000280. The van der Waals surface area contributed by atoms with Crippen molar-refractivity contribution in [1.82, 2.24) is 15.1 Å². The van der Waals surface area contributed by atoms with Crippen LogP contribution in [0.4, 0.5) is 0 Å². The lowest BCUT2D eigenvalue weighted by atomic mass is 9.96. The summed E-state index contributed by atoms with van der Waals surface area (Å²) in [7, 11) is 2.10. The van der Waals surface area contributed by atoms with Crippen molar-refractivity contribution in [3.05, 3.63) is 34.9 Å². The molecule has 3 rings (SSSR count). The van der Waals surface area contributed by atoms with Gasteiger partial charge in [0.2, 0.25) is 0 Å². The van der Waals surface area contributed by atoms with E-state index in [9.17, 15) is 0 Å². The van der Waals surface area contributed by atoms with Crippen LogP contribution in [0.25, 0.3) is 0 Å². The van der Waals surface area contributed by atoms with Gasteiger partial charge in [0.1, 0.15) is 0 Å². The van der Waals surface area contributed by atoms with Crippen molar-refractivity contribution in [2.24, 2.45) is 4.99 Å². The molecule has 1 N–H and O–H groups in total. The number of thioether (sulfide) groups is 1. The number of ether oxygens (including phenoxy) is 1. The number of benzene rings is 1. The Kier molecular flexibility index (Phi) is 10.2. The van der Waals surface area contributed by atoms with Crippen LogP contribution in [0.15, 0.2) is 29.3 Å². The van der Waals surface area contributed by atoms with Crippen molar-refractivity contribution in [2.45, 2.75) is 25.4 Å². The van der Waals surface area contributed by atoms with Crippen molar-refractivity contribution in [3.63, 3.8) is 0 Å². The second kappa shape index (κ2) is 11.8. The molecule has 0 saturated carbocycles. The molecule has 0 spiro atoms. The molecule has 0 aromatic heterocycles. The Bertz CT molecular complexity index is 619. The molecule has 2 aliphatic rings. The Morgan fingerprint density at radius 3 is 2.64 bits per heavy atom. The lowest BCUT2D eigenvalue weighted by molar-refractivity contribution is -0.0105. The second-order valence-electron chi connectivity index (χ2n) is 7.28. The lowest BCUT2D eigenvalue weighted by Crippen LogP contribution is -2.56. The van der Waals surface area contributed by atoms with E-state index in [1.165, 1.54) is 17.7 Å². The summed E-state index contributed by atoms with van der Waals surface area (Å²) in [6.07, 6.45) is 1.21. The summed E-state index contributed by atoms with van der Waals surface area (Å²) in [6.45, 7) is 8.35. The Labute approximate surface area is 195 Å². The maximum Gasteiger partial charge on any atom is 0.194 e. The summed E-state index contributed by atoms with van der Waals surface area (Å²) in [5.74, 6) is 3.36. The van der Waals surface area contributed by atoms with E-state index in [1.807, 2.05) is 12.1 Å². The van der Waals surface area contributed by atoms with E-state index in [0.29, 0.717) is 0 Å². The molecule has 2 aliphatic heterocycles.